The highest BCUT2D eigenvalue weighted by molar-refractivity contribution is 7.21. The van der Waals surface area contributed by atoms with E-state index >= 15 is 0 Å². The third-order valence-electron chi connectivity index (χ3n) is 4.50. The summed E-state index contributed by atoms with van der Waals surface area (Å²) in [6, 6.07) is 8.02. The summed E-state index contributed by atoms with van der Waals surface area (Å²) < 4.78 is 6.47. The molecule has 1 N–H and O–H groups in total. The first-order chi connectivity index (χ1) is 11.6. The van der Waals surface area contributed by atoms with Crippen molar-refractivity contribution >= 4 is 33.3 Å². The van der Waals surface area contributed by atoms with E-state index in [1.807, 2.05) is 31.2 Å². The lowest BCUT2D eigenvalue weighted by Gasteiger charge is -2.34. The van der Waals surface area contributed by atoms with E-state index in [0.717, 1.165) is 28.5 Å². The minimum absolute atomic E-state index is 0.0347. The number of hydrogen-bond donors (Lipinski definition) is 1. The lowest BCUT2D eigenvalue weighted by molar-refractivity contribution is -0.137. The molecule has 128 valence electrons. The van der Waals surface area contributed by atoms with Crippen molar-refractivity contribution in [1.29, 1.82) is 0 Å². The summed E-state index contributed by atoms with van der Waals surface area (Å²) in [6.07, 6.45) is 1.48. The molecule has 0 bridgehead atoms. The van der Waals surface area contributed by atoms with E-state index in [9.17, 15) is 9.59 Å². The molecule has 6 heteroatoms. The molecule has 1 aromatic heterocycles. The Hall–Kier alpha value is -1.92. The van der Waals surface area contributed by atoms with Gasteiger partial charge in [0, 0.05) is 30.5 Å². The molecular weight excluding hydrogens is 326 g/mol. The van der Waals surface area contributed by atoms with Gasteiger partial charge in [0.1, 0.15) is 0 Å². The predicted octanol–water partition coefficient (Wildman–Crippen LogP) is 3.31. The Morgan fingerprint density at radius 3 is 2.67 bits per heavy atom. The van der Waals surface area contributed by atoms with Crippen LogP contribution in [0.25, 0.3) is 10.1 Å². The average molecular weight is 347 g/mol. The van der Waals surface area contributed by atoms with Crippen LogP contribution in [0.5, 0.6) is 0 Å². The first-order valence-electron chi connectivity index (χ1n) is 8.16. The maximum atomic E-state index is 13.1. The zero-order chi connectivity index (χ0) is 17.1. The lowest BCUT2D eigenvalue weighted by atomic mass is 10.1. The predicted molar refractivity (Wildman–Crippen MR) is 93.7 cm³/mol. The van der Waals surface area contributed by atoms with Gasteiger partial charge in [-0.2, -0.15) is 0 Å². The molecule has 2 aromatic rings. The van der Waals surface area contributed by atoms with Gasteiger partial charge >= 0.3 is 5.97 Å². The molecule has 0 unspecified atom stereocenters. The number of nitrogens with zero attached hydrogens (tertiary/aromatic N) is 1. The largest absolute Gasteiger partial charge is 0.481 e. The lowest BCUT2D eigenvalue weighted by Crippen LogP contribution is -2.44. The number of carboxylic acids is 1. The number of carbonyl (C=O) groups excluding carboxylic acids is 1. The summed E-state index contributed by atoms with van der Waals surface area (Å²) in [4.78, 5) is 26.6. The van der Waals surface area contributed by atoms with Crippen LogP contribution in [0.3, 0.4) is 0 Å². The number of fused-ring (bicyclic) bond motifs is 1. The van der Waals surface area contributed by atoms with Crippen LogP contribution in [0.15, 0.2) is 24.3 Å². The third-order valence-corrected chi connectivity index (χ3v) is 5.76. The molecule has 1 fully saturated rings. The fourth-order valence-electron chi connectivity index (χ4n) is 3.17. The fourth-order valence-corrected chi connectivity index (χ4v) is 4.34. The molecule has 1 aliphatic rings. The molecule has 5 nitrogen and oxygen atoms in total. The molecule has 0 atom stereocenters. The second-order valence-electron chi connectivity index (χ2n) is 6.04. The van der Waals surface area contributed by atoms with Crippen LogP contribution in [0.4, 0.5) is 0 Å². The van der Waals surface area contributed by atoms with Gasteiger partial charge in [-0.25, -0.2) is 0 Å². The monoisotopic (exact) mass is 347 g/mol. The van der Waals surface area contributed by atoms with Gasteiger partial charge in [-0.15, -0.1) is 11.3 Å². The van der Waals surface area contributed by atoms with Crippen LogP contribution >= 0.6 is 11.3 Å². The molecule has 3 rings (SSSR count). The van der Waals surface area contributed by atoms with E-state index in [4.69, 9.17) is 9.84 Å². The Labute approximate surface area is 144 Å². The Morgan fingerprint density at radius 1 is 1.29 bits per heavy atom. The minimum atomic E-state index is -0.882. The van der Waals surface area contributed by atoms with Gasteiger partial charge in [-0.05, 0) is 36.8 Å². The standard InChI is InChI=1S/C18H21NO4S/c1-12-14-4-2-3-5-15(14)24-17(12)18(22)19(9-6-16(20)21)13-7-10-23-11-8-13/h2-5,13H,6-11H2,1H3,(H,20,21). The summed E-state index contributed by atoms with van der Waals surface area (Å²) in [5.74, 6) is -0.935. The topological polar surface area (TPSA) is 66.8 Å². The average Bonchev–Trinajstić information content (AvgIpc) is 2.93. The van der Waals surface area contributed by atoms with E-state index in [0.29, 0.717) is 18.1 Å². The van der Waals surface area contributed by atoms with Crippen molar-refractivity contribution in [3.8, 4) is 0 Å². The number of aliphatic carboxylic acids is 1. The number of amides is 1. The molecule has 2 heterocycles. The van der Waals surface area contributed by atoms with Gasteiger partial charge < -0.3 is 14.7 Å². The van der Waals surface area contributed by atoms with Gasteiger partial charge in [-0.3, -0.25) is 9.59 Å². The van der Waals surface area contributed by atoms with Crippen molar-refractivity contribution in [3.63, 3.8) is 0 Å². The summed E-state index contributed by atoms with van der Waals surface area (Å²) in [5.41, 5.74) is 0.980. The number of ether oxygens (including phenoxy) is 1. The Kier molecular flexibility index (Phi) is 5.16. The first kappa shape index (κ1) is 16.9. The number of hydrogen-bond acceptors (Lipinski definition) is 4. The Balaban J connectivity index is 1.90. The maximum absolute atomic E-state index is 13.1. The van der Waals surface area contributed by atoms with Crippen molar-refractivity contribution in [1.82, 2.24) is 4.90 Å². The van der Waals surface area contributed by atoms with Crippen LogP contribution in [0.1, 0.15) is 34.5 Å². The molecule has 1 amide bonds. The third kappa shape index (κ3) is 3.44. The zero-order valence-electron chi connectivity index (χ0n) is 13.7. The van der Waals surface area contributed by atoms with Crippen LogP contribution in [-0.2, 0) is 9.53 Å². The Morgan fingerprint density at radius 2 is 2.00 bits per heavy atom. The highest BCUT2D eigenvalue weighted by atomic mass is 32.1. The Bertz CT molecular complexity index is 749. The fraction of sp³-hybridized carbons (Fsp3) is 0.444. The molecule has 0 spiro atoms. The summed E-state index contributed by atoms with van der Waals surface area (Å²) >= 11 is 1.49. The van der Waals surface area contributed by atoms with Gasteiger partial charge in [0.25, 0.3) is 5.91 Å². The second kappa shape index (κ2) is 7.32. The normalized spacial score (nSPS) is 15.5. The maximum Gasteiger partial charge on any atom is 0.305 e. The second-order valence-corrected chi connectivity index (χ2v) is 7.09. The van der Waals surface area contributed by atoms with Crippen molar-refractivity contribution in [2.24, 2.45) is 0 Å². The molecule has 1 aliphatic heterocycles. The van der Waals surface area contributed by atoms with E-state index < -0.39 is 5.97 Å². The van der Waals surface area contributed by atoms with E-state index in [2.05, 4.69) is 0 Å². The zero-order valence-corrected chi connectivity index (χ0v) is 14.5. The highest BCUT2D eigenvalue weighted by Gasteiger charge is 2.29. The van der Waals surface area contributed by atoms with E-state index in [1.165, 1.54) is 11.3 Å². The number of carbonyl (C=O) groups is 2. The van der Waals surface area contributed by atoms with Crippen LogP contribution in [0, 0.1) is 6.92 Å². The minimum Gasteiger partial charge on any atom is -0.481 e. The van der Waals surface area contributed by atoms with E-state index in [1.54, 1.807) is 4.90 Å². The van der Waals surface area contributed by atoms with Crippen LogP contribution in [-0.4, -0.2) is 47.7 Å². The molecule has 24 heavy (non-hydrogen) atoms. The number of benzene rings is 1. The molecule has 1 saturated heterocycles. The molecular formula is C18H21NO4S. The summed E-state index contributed by atoms with van der Waals surface area (Å²) in [7, 11) is 0. The highest BCUT2D eigenvalue weighted by Crippen LogP contribution is 2.32. The summed E-state index contributed by atoms with van der Waals surface area (Å²) in [5, 5.41) is 10.1. The first-order valence-corrected chi connectivity index (χ1v) is 8.98. The van der Waals surface area contributed by atoms with Gasteiger partial charge in [0.15, 0.2) is 0 Å². The van der Waals surface area contributed by atoms with Crippen LogP contribution in [0.2, 0.25) is 0 Å². The van der Waals surface area contributed by atoms with Crippen molar-refractivity contribution in [2.75, 3.05) is 19.8 Å². The quantitative estimate of drug-likeness (QED) is 0.901. The molecule has 0 radical (unpaired) electrons. The van der Waals surface area contributed by atoms with E-state index in [-0.39, 0.29) is 24.9 Å². The van der Waals surface area contributed by atoms with Crippen LogP contribution < -0.4 is 0 Å². The summed E-state index contributed by atoms with van der Waals surface area (Å²) in [6.45, 7) is 3.44. The van der Waals surface area contributed by atoms with Crippen molar-refractivity contribution in [3.05, 3.63) is 34.7 Å². The van der Waals surface area contributed by atoms with Gasteiger partial charge in [-0.1, -0.05) is 18.2 Å². The van der Waals surface area contributed by atoms with Gasteiger partial charge in [0.05, 0.1) is 11.3 Å². The van der Waals surface area contributed by atoms with Gasteiger partial charge in [0.2, 0.25) is 0 Å². The number of rotatable bonds is 5. The molecule has 0 aliphatic carbocycles. The molecule has 0 saturated carbocycles. The number of thiophene rings is 1. The van der Waals surface area contributed by atoms with Crippen molar-refractivity contribution in [2.45, 2.75) is 32.2 Å². The number of aryl methyl sites for hydroxylation is 1. The number of carboxylic acid groups (broad SMARTS) is 1. The SMILES string of the molecule is Cc1c(C(=O)N(CCC(=O)O)C2CCOCC2)sc2ccccc12. The smallest absolute Gasteiger partial charge is 0.305 e. The van der Waals surface area contributed by atoms with Crippen molar-refractivity contribution < 1.29 is 19.4 Å². The molecule has 1 aromatic carbocycles.